The summed E-state index contributed by atoms with van der Waals surface area (Å²) in [5, 5.41) is 91.2. The van der Waals surface area contributed by atoms with Gasteiger partial charge >= 0.3 is 0 Å². The lowest BCUT2D eigenvalue weighted by Gasteiger charge is -2.37. The molecule has 9 N–H and O–H groups in total. The van der Waals surface area contributed by atoms with Gasteiger partial charge in [0.15, 0.2) is 23.2 Å². The summed E-state index contributed by atoms with van der Waals surface area (Å²) in [6.45, 7) is -1.11. The quantitative estimate of drug-likeness (QED) is 0.171. The molecule has 2 aliphatic heterocycles. The molecule has 8 atom stereocenters. The minimum atomic E-state index is -1.74. The van der Waals surface area contributed by atoms with E-state index in [1.165, 1.54) is 12.1 Å². The molecule has 2 fully saturated rings. The Kier molecular flexibility index (Phi) is 7.13. The topological polar surface area (TPSA) is 240 Å². The van der Waals surface area contributed by atoms with E-state index in [1.54, 1.807) is 0 Å². The Hall–Kier alpha value is -3.47. The van der Waals surface area contributed by atoms with Crippen LogP contribution in [0.3, 0.4) is 0 Å². The number of aliphatic hydroxyl groups excluding tert-OH is 5. The average Bonchev–Trinajstić information content (AvgIpc) is 3.20. The van der Waals surface area contributed by atoms with Crippen molar-refractivity contribution < 1.29 is 64.6 Å². The fourth-order valence-electron chi connectivity index (χ4n) is 4.73. The first-order valence-corrected chi connectivity index (χ1v) is 11.8. The van der Waals surface area contributed by atoms with Crippen molar-refractivity contribution in [3.8, 4) is 34.3 Å². The highest BCUT2D eigenvalue weighted by atomic mass is 16.7. The molecule has 0 radical (unpaired) electrons. The lowest BCUT2D eigenvalue weighted by molar-refractivity contribution is -0.291. The van der Waals surface area contributed by atoms with Crippen LogP contribution in [0.2, 0.25) is 0 Å². The van der Waals surface area contributed by atoms with Gasteiger partial charge in [-0.25, -0.2) is 0 Å². The van der Waals surface area contributed by atoms with E-state index in [2.05, 4.69) is 0 Å². The summed E-state index contributed by atoms with van der Waals surface area (Å²) in [6, 6.07) is 5.73. The van der Waals surface area contributed by atoms with E-state index in [-0.39, 0.29) is 22.3 Å². The van der Waals surface area contributed by atoms with Crippen molar-refractivity contribution in [2.45, 2.75) is 49.0 Å². The van der Waals surface area contributed by atoms with Crippen molar-refractivity contribution in [1.82, 2.24) is 0 Å². The van der Waals surface area contributed by atoms with Gasteiger partial charge in [0, 0.05) is 17.7 Å². The Morgan fingerprint density at radius 3 is 2.33 bits per heavy atom. The summed E-state index contributed by atoms with van der Waals surface area (Å²) in [5.41, 5.74) is -1.18. The van der Waals surface area contributed by atoms with E-state index in [0.29, 0.717) is 0 Å². The van der Waals surface area contributed by atoms with Gasteiger partial charge in [-0.3, -0.25) is 4.79 Å². The van der Waals surface area contributed by atoms with Crippen LogP contribution in [-0.4, -0.2) is 102 Å². The molecule has 210 valence electrons. The second-order valence-electron chi connectivity index (χ2n) is 9.33. The number of rotatable bonds is 5. The fourth-order valence-corrected chi connectivity index (χ4v) is 4.73. The van der Waals surface area contributed by atoms with Crippen LogP contribution in [0.25, 0.3) is 22.3 Å². The monoisotopic (exact) mass is 550 g/mol. The van der Waals surface area contributed by atoms with Crippen LogP contribution in [0.1, 0.15) is 11.7 Å². The molecule has 0 saturated carbocycles. The Morgan fingerprint density at radius 2 is 1.64 bits per heavy atom. The maximum absolute atomic E-state index is 13.0. The van der Waals surface area contributed by atoms with Crippen molar-refractivity contribution in [1.29, 1.82) is 0 Å². The molecule has 14 heteroatoms. The predicted octanol–water partition coefficient (Wildman–Crippen LogP) is -1.10. The Bertz CT molecular complexity index is 1440. The number of benzene rings is 2. The number of phenols is 4. The van der Waals surface area contributed by atoms with Crippen LogP contribution in [0, 0.1) is 0 Å². The molecule has 0 spiro atoms. The summed E-state index contributed by atoms with van der Waals surface area (Å²) in [7, 11) is 0. The van der Waals surface area contributed by atoms with E-state index < -0.39 is 96.2 Å². The highest BCUT2D eigenvalue weighted by molar-refractivity contribution is 5.88. The molecule has 2 aromatic carbocycles. The standard InChI is InChI=1S/C25H26O14/c26-6-16-20(33)24(39-25-22(35)19(32)13(31)7-36-25)23(38-16)18-12(30)5-15-17(21(18)34)11(29)4-14(37-15)8-1-2-9(27)10(28)3-8/h1-5,13,16,19-20,22-28,30-35H,6-7H2. The second-order valence-corrected chi connectivity index (χ2v) is 9.33. The van der Waals surface area contributed by atoms with Crippen molar-refractivity contribution in [3.63, 3.8) is 0 Å². The third kappa shape index (κ3) is 4.66. The number of hydrogen-bond donors (Lipinski definition) is 9. The van der Waals surface area contributed by atoms with Gasteiger partial charge in [0.25, 0.3) is 0 Å². The maximum atomic E-state index is 13.0. The van der Waals surface area contributed by atoms with Crippen LogP contribution in [0.5, 0.6) is 23.0 Å². The van der Waals surface area contributed by atoms with Crippen molar-refractivity contribution in [2.75, 3.05) is 13.2 Å². The highest BCUT2D eigenvalue weighted by Crippen LogP contribution is 2.47. The summed E-state index contributed by atoms with van der Waals surface area (Å²) >= 11 is 0. The van der Waals surface area contributed by atoms with Gasteiger partial charge in [0.1, 0.15) is 71.0 Å². The number of hydrogen-bond acceptors (Lipinski definition) is 14. The lowest BCUT2D eigenvalue weighted by atomic mass is 9.97. The third-order valence-electron chi connectivity index (χ3n) is 6.82. The summed E-state index contributed by atoms with van der Waals surface area (Å²) in [5.74, 6) is -2.32. The highest BCUT2D eigenvalue weighted by Gasteiger charge is 2.50. The number of aromatic hydroxyl groups is 4. The van der Waals surface area contributed by atoms with Crippen molar-refractivity contribution in [3.05, 3.63) is 46.1 Å². The van der Waals surface area contributed by atoms with Gasteiger partial charge in [0.2, 0.25) is 0 Å². The number of ether oxygens (including phenoxy) is 3. The Morgan fingerprint density at radius 1 is 0.897 bits per heavy atom. The molecule has 2 aliphatic rings. The Labute approximate surface area is 218 Å². The van der Waals surface area contributed by atoms with Crippen molar-refractivity contribution >= 4 is 11.0 Å². The van der Waals surface area contributed by atoms with Gasteiger partial charge < -0.3 is 64.6 Å². The summed E-state index contributed by atoms with van der Waals surface area (Å²) < 4.78 is 22.2. The van der Waals surface area contributed by atoms with Crippen LogP contribution >= 0.6 is 0 Å². The molecule has 14 nitrogen and oxygen atoms in total. The molecule has 5 rings (SSSR count). The number of aliphatic hydroxyl groups is 5. The first-order valence-electron chi connectivity index (χ1n) is 11.8. The molecule has 0 aliphatic carbocycles. The van der Waals surface area contributed by atoms with Crippen LogP contribution in [0.15, 0.2) is 39.5 Å². The maximum Gasteiger partial charge on any atom is 0.197 e. The third-order valence-corrected chi connectivity index (χ3v) is 6.82. The zero-order chi connectivity index (χ0) is 28.2. The normalized spacial score (nSPS) is 31.1. The SMILES string of the molecule is O=c1cc(-c2ccc(O)c(O)c2)oc2cc(O)c(C3OC(CO)C(O)C3OC3OCC(O)C(O)C3O)c(O)c12. The Balaban J connectivity index is 1.55. The van der Waals surface area contributed by atoms with Crippen molar-refractivity contribution in [2.24, 2.45) is 0 Å². The molecule has 3 heterocycles. The van der Waals surface area contributed by atoms with E-state index in [0.717, 1.165) is 18.2 Å². The van der Waals surface area contributed by atoms with Gasteiger partial charge in [-0.1, -0.05) is 0 Å². The minimum Gasteiger partial charge on any atom is -0.507 e. The molecular weight excluding hydrogens is 524 g/mol. The summed E-state index contributed by atoms with van der Waals surface area (Å²) in [4.78, 5) is 13.0. The molecule has 8 unspecified atom stereocenters. The lowest BCUT2D eigenvalue weighted by Crippen LogP contribution is -2.55. The molecule has 2 saturated heterocycles. The predicted molar refractivity (Wildman–Crippen MR) is 128 cm³/mol. The largest absolute Gasteiger partial charge is 0.507 e. The first-order chi connectivity index (χ1) is 18.5. The zero-order valence-corrected chi connectivity index (χ0v) is 20.0. The smallest absolute Gasteiger partial charge is 0.197 e. The minimum absolute atomic E-state index is 0.0485. The molecule has 1 aromatic heterocycles. The van der Waals surface area contributed by atoms with Gasteiger partial charge in [-0.2, -0.15) is 0 Å². The molecule has 39 heavy (non-hydrogen) atoms. The van der Waals surface area contributed by atoms with Crippen LogP contribution in [-0.2, 0) is 14.2 Å². The van der Waals surface area contributed by atoms with E-state index in [9.17, 15) is 50.8 Å². The van der Waals surface area contributed by atoms with E-state index in [1.807, 2.05) is 0 Å². The first kappa shape index (κ1) is 27.1. The molecule has 0 amide bonds. The zero-order valence-electron chi connectivity index (χ0n) is 20.0. The fraction of sp³-hybridized carbons (Fsp3) is 0.400. The average molecular weight is 550 g/mol. The molecule has 3 aromatic rings. The van der Waals surface area contributed by atoms with Crippen LogP contribution in [0.4, 0.5) is 0 Å². The van der Waals surface area contributed by atoms with E-state index in [4.69, 9.17) is 18.6 Å². The van der Waals surface area contributed by atoms with Crippen LogP contribution < -0.4 is 5.43 Å². The van der Waals surface area contributed by atoms with Gasteiger partial charge in [-0.15, -0.1) is 0 Å². The number of phenolic OH excluding ortho intramolecular Hbond substituents is 4. The van der Waals surface area contributed by atoms with Gasteiger partial charge in [-0.05, 0) is 18.2 Å². The molecular formula is C25H26O14. The molecule has 0 bridgehead atoms. The summed E-state index contributed by atoms with van der Waals surface area (Å²) in [6.07, 6.45) is -12.2. The van der Waals surface area contributed by atoms with E-state index >= 15 is 0 Å². The number of fused-ring (bicyclic) bond motifs is 1. The second kappa shape index (κ2) is 10.3. The van der Waals surface area contributed by atoms with Gasteiger partial charge in [0.05, 0.1) is 18.8 Å².